The molecule has 1 heterocycles. The molecule has 3 N–H and O–H groups in total. The van der Waals surface area contributed by atoms with Gasteiger partial charge in [-0.05, 0) is 40.3 Å². The van der Waals surface area contributed by atoms with Crippen molar-refractivity contribution >= 4 is 16.6 Å². The Morgan fingerprint density at radius 3 is 2.76 bits per heavy atom. The van der Waals surface area contributed by atoms with Gasteiger partial charge in [0.1, 0.15) is 5.84 Å². The molecule has 126 valence electrons. The predicted octanol–water partition coefficient (Wildman–Crippen LogP) is 3.63. The van der Waals surface area contributed by atoms with Gasteiger partial charge in [-0.3, -0.25) is 4.99 Å². The molecule has 0 aliphatic carbocycles. The van der Waals surface area contributed by atoms with Crippen LogP contribution in [0.5, 0.6) is 0 Å². The Morgan fingerprint density at radius 2 is 1.80 bits per heavy atom. The number of rotatable bonds is 4. The summed E-state index contributed by atoms with van der Waals surface area (Å²) in [6.45, 7) is 1.65. The van der Waals surface area contributed by atoms with Crippen LogP contribution in [0.25, 0.3) is 10.8 Å². The first-order chi connectivity index (χ1) is 12.3. The molecule has 25 heavy (non-hydrogen) atoms. The highest BCUT2D eigenvalue weighted by molar-refractivity contribution is 5.88. The van der Waals surface area contributed by atoms with Crippen LogP contribution in [-0.2, 0) is 12.8 Å². The second-order valence-electron chi connectivity index (χ2n) is 6.53. The minimum absolute atomic E-state index is 0.0393. The van der Waals surface area contributed by atoms with E-state index in [9.17, 15) is 0 Å². The van der Waals surface area contributed by atoms with E-state index in [-0.39, 0.29) is 6.04 Å². The van der Waals surface area contributed by atoms with Gasteiger partial charge in [-0.1, -0.05) is 66.7 Å². The first-order valence-corrected chi connectivity index (χ1v) is 8.90. The Labute approximate surface area is 148 Å². The standard InChI is InChI=1S/C22H23N3/c23-22(21-20-11-4-2-7-18(20)12-14-24-21)25-15-13-17-9-5-8-16-6-1-3-10-19(16)17/h1-11,21,24H,12-15H2,(H2,23,25). The number of hydrogen-bond acceptors (Lipinski definition) is 2. The van der Waals surface area contributed by atoms with E-state index >= 15 is 0 Å². The molecule has 1 atom stereocenters. The fourth-order valence-electron chi connectivity index (χ4n) is 3.68. The van der Waals surface area contributed by atoms with E-state index in [0.29, 0.717) is 12.4 Å². The molecule has 0 aromatic heterocycles. The Kier molecular flexibility index (Phi) is 4.49. The van der Waals surface area contributed by atoms with E-state index in [4.69, 9.17) is 5.73 Å². The lowest BCUT2D eigenvalue weighted by Gasteiger charge is -2.26. The number of fused-ring (bicyclic) bond motifs is 2. The summed E-state index contributed by atoms with van der Waals surface area (Å²) in [4.78, 5) is 4.68. The molecular formula is C22H23N3. The minimum atomic E-state index is 0.0393. The van der Waals surface area contributed by atoms with E-state index < -0.39 is 0 Å². The second kappa shape index (κ2) is 7.08. The Morgan fingerprint density at radius 1 is 1.00 bits per heavy atom. The maximum absolute atomic E-state index is 6.33. The van der Waals surface area contributed by atoms with Crippen LogP contribution in [0.2, 0.25) is 0 Å². The van der Waals surface area contributed by atoms with Crippen LogP contribution in [0.1, 0.15) is 22.7 Å². The Balaban J connectivity index is 1.51. The van der Waals surface area contributed by atoms with Crippen LogP contribution < -0.4 is 11.1 Å². The van der Waals surface area contributed by atoms with Crippen LogP contribution in [0, 0.1) is 0 Å². The SMILES string of the molecule is NC(=NCCc1cccc2ccccc12)C1NCCc2ccccc21. The van der Waals surface area contributed by atoms with Gasteiger partial charge in [-0.15, -0.1) is 0 Å². The molecule has 0 amide bonds. The largest absolute Gasteiger partial charge is 0.386 e. The highest BCUT2D eigenvalue weighted by atomic mass is 15.0. The zero-order valence-corrected chi connectivity index (χ0v) is 14.3. The molecule has 0 saturated carbocycles. The predicted molar refractivity (Wildman–Crippen MR) is 105 cm³/mol. The van der Waals surface area contributed by atoms with Gasteiger partial charge in [-0.2, -0.15) is 0 Å². The summed E-state index contributed by atoms with van der Waals surface area (Å²) in [5.41, 5.74) is 10.3. The van der Waals surface area contributed by atoms with E-state index in [0.717, 1.165) is 19.4 Å². The zero-order valence-electron chi connectivity index (χ0n) is 14.3. The first-order valence-electron chi connectivity index (χ1n) is 8.90. The van der Waals surface area contributed by atoms with Gasteiger partial charge in [0.25, 0.3) is 0 Å². The van der Waals surface area contributed by atoms with Crippen molar-refractivity contribution < 1.29 is 0 Å². The van der Waals surface area contributed by atoms with Crippen LogP contribution >= 0.6 is 0 Å². The maximum Gasteiger partial charge on any atom is 0.116 e. The summed E-state index contributed by atoms with van der Waals surface area (Å²) in [5.74, 6) is 0.687. The molecular weight excluding hydrogens is 306 g/mol. The summed E-state index contributed by atoms with van der Waals surface area (Å²) >= 11 is 0. The lowest BCUT2D eigenvalue weighted by atomic mass is 9.94. The van der Waals surface area contributed by atoms with Crippen LogP contribution in [0.3, 0.4) is 0 Å². The molecule has 0 radical (unpaired) electrons. The Bertz CT molecular complexity index is 909. The van der Waals surface area contributed by atoms with E-state index in [2.05, 4.69) is 77.0 Å². The molecule has 0 bridgehead atoms. The molecule has 0 saturated heterocycles. The number of nitrogens with two attached hydrogens (primary N) is 1. The summed E-state index contributed by atoms with van der Waals surface area (Å²) in [6, 6.07) is 23.5. The molecule has 4 rings (SSSR count). The molecule has 1 aliphatic rings. The third-order valence-corrected chi connectivity index (χ3v) is 4.96. The summed E-state index contributed by atoms with van der Waals surface area (Å²) in [7, 11) is 0. The molecule has 3 nitrogen and oxygen atoms in total. The monoisotopic (exact) mass is 329 g/mol. The fraction of sp³-hybridized carbons (Fsp3) is 0.227. The molecule has 1 aliphatic heterocycles. The highest BCUT2D eigenvalue weighted by Crippen LogP contribution is 2.23. The highest BCUT2D eigenvalue weighted by Gasteiger charge is 2.21. The van der Waals surface area contributed by atoms with Crippen molar-refractivity contribution in [3.63, 3.8) is 0 Å². The van der Waals surface area contributed by atoms with Crippen molar-refractivity contribution in [3.8, 4) is 0 Å². The zero-order chi connectivity index (χ0) is 17.1. The third kappa shape index (κ3) is 3.28. The van der Waals surface area contributed by atoms with Crippen LogP contribution in [0.4, 0.5) is 0 Å². The van der Waals surface area contributed by atoms with Gasteiger partial charge in [-0.25, -0.2) is 0 Å². The van der Waals surface area contributed by atoms with Gasteiger partial charge in [0, 0.05) is 13.1 Å². The van der Waals surface area contributed by atoms with Crippen molar-refractivity contribution in [2.45, 2.75) is 18.9 Å². The summed E-state index contributed by atoms with van der Waals surface area (Å²) in [5, 5.41) is 6.08. The van der Waals surface area contributed by atoms with Gasteiger partial charge in [0.05, 0.1) is 6.04 Å². The van der Waals surface area contributed by atoms with Crippen molar-refractivity contribution in [3.05, 3.63) is 83.4 Å². The van der Waals surface area contributed by atoms with Crippen molar-refractivity contribution in [1.82, 2.24) is 5.32 Å². The summed E-state index contributed by atoms with van der Waals surface area (Å²) in [6.07, 6.45) is 1.95. The molecule has 3 heteroatoms. The fourth-order valence-corrected chi connectivity index (χ4v) is 3.68. The average molecular weight is 329 g/mol. The Hall–Kier alpha value is -2.65. The lowest BCUT2D eigenvalue weighted by molar-refractivity contribution is 0.599. The third-order valence-electron chi connectivity index (χ3n) is 4.96. The number of nitrogens with one attached hydrogen (secondary N) is 1. The quantitative estimate of drug-likeness (QED) is 0.567. The summed E-state index contributed by atoms with van der Waals surface area (Å²) < 4.78 is 0. The number of amidine groups is 1. The van der Waals surface area contributed by atoms with E-state index in [1.165, 1.54) is 27.5 Å². The number of aliphatic imine (C=N–C) groups is 1. The second-order valence-corrected chi connectivity index (χ2v) is 6.53. The molecule has 3 aromatic carbocycles. The van der Waals surface area contributed by atoms with E-state index in [1.807, 2.05) is 0 Å². The number of benzene rings is 3. The van der Waals surface area contributed by atoms with Crippen molar-refractivity contribution in [1.29, 1.82) is 0 Å². The van der Waals surface area contributed by atoms with Gasteiger partial charge in [0.2, 0.25) is 0 Å². The first kappa shape index (κ1) is 15.9. The maximum atomic E-state index is 6.33. The van der Waals surface area contributed by atoms with Crippen LogP contribution in [-0.4, -0.2) is 18.9 Å². The van der Waals surface area contributed by atoms with Crippen molar-refractivity contribution in [2.75, 3.05) is 13.1 Å². The smallest absolute Gasteiger partial charge is 0.116 e. The number of nitrogens with zero attached hydrogens (tertiary/aromatic N) is 1. The minimum Gasteiger partial charge on any atom is -0.386 e. The average Bonchev–Trinajstić information content (AvgIpc) is 2.67. The van der Waals surface area contributed by atoms with Gasteiger partial charge >= 0.3 is 0 Å². The van der Waals surface area contributed by atoms with Gasteiger partial charge in [0.15, 0.2) is 0 Å². The number of hydrogen-bond donors (Lipinski definition) is 2. The lowest BCUT2D eigenvalue weighted by Crippen LogP contribution is -2.39. The van der Waals surface area contributed by atoms with E-state index in [1.54, 1.807) is 0 Å². The molecule has 3 aromatic rings. The molecule has 0 spiro atoms. The molecule has 0 fully saturated rings. The molecule has 1 unspecified atom stereocenters. The topological polar surface area (TPSA) is 50.4 Å². The normalized spacial score (nSPS) is 17.4. The van der Waals surface area contributed by atoms with Crippen molar-refractivity contribution in [2.24, 2.45) is 10.7 Å². The van der Waals surface area contributed by atoms with Gasteiger partial charge < -0.3 is 11.1 Å². The van der Waals surface area contributed by atoms with Crippen LogP contribution in [0.15, 0.2) is 71.7 Å².